The fourth-order valence-electron chi connectivity index (χ4n) is 7.41. The highest BCUT2D eigenvalue weighted by Gasteiger charge is 2.59. The molecule has 2 heteroatoms. The first-order chi connectivity index (χ1) is 11.1. The van der Waals surface area contributed by atoms with E-state index in [1.54, 1.807) is 0 Å². The van der Waals surface area contributed by atoms with E-state index in [1.807, 2.05) is 0 Å². The fraction of sp³-hybridized carbons (Fsp3) is 0.952. The van der Waals surface area contributed by atoms with Gasteiger partial charge in [-0.3, -0.25) is 4.79 Å². The quantitative estimate of drug-likeness (QED) is 0.731. The maximum Gasteiger partial charge on any atom is 0.133 e. The van der Waals surface area contributed by atoms with Crippen molar-refractivity contribution in [2.75, 3.05) is 13.2 Å². The number of hydrogen-bond acceptors (Lipinski definition) is 2. The van der Waals surface area contributed by atoms with Crippen LogP contribution in [-0.4, -0.2) is 19.0 Å². The lowest BCUT2D eigenvalue weighted by Crippen LogP contribution is -2.56. The smallest absolute Gasteiger partial charge is 0.133 e. The maximum absolute atomic E-state index is 12.1. The van der Waals surface area contributed by atoms with Crippen molar-refractivity contribution < 1.29 is 9.53 Å². The summed E-state index contributed by atoms with van der Waals surface area (Å²) in [7, 11) is 0. The Morgan fingerprint density at radius 1 is 1.09 bits per heavy atom. The van der Waals surface area contributed by atoms with Crippen molar-refractivity contribution in [1.29, 1.82) is 0 Å². The molecule has 0 unspecified atom stereocenters. The third kappa shape index (κ3) is 2.42. The molecule has 2 nitrogen and oxygen atoms in total. The first-order valence-electron chi connectivity index (χ1n) is 10.2. The van der Waals surface area contributed by atoms with Gasteiger partial charge in [-0.1, -0.05) is 13.3 Å². The standard InChI is InChI=1S/C21H34O2/c1-3-23-14-21-12-8-16(22)13-15(21)6-7-17-18-5-4-10-20(18,2)11-9-19(17)21/h15,17-19H,3-14H2,1-2H3/t15-,17+,18+,19+,20+,21-/m1/s1. The van der Waals surface area contributed by atoms with Gasteiger partial charge >= 0.3 is 0 Å². The summed E-state index contributed by atoms with van der Waals surface area (Å²) in [4.78, 5) is 12.1. The summed E-state index contributed by atoms with van der Waals surface area (Å²) in [5, 5.41) is 0. The zero-order chi connectivity index (χ0) is 16.1. The predicted octanol–water partition coefficient (Wildman–Crippen LogP) is 5.00. The Morgan fingerprint density at radius 3 is 2.78 bits per heavy atom. The number of carbonyl (C=O) groups excluding carboxylic acids is 1. The van der Waals surface area contributed by atoms with E-state index in [0.29, 0.717) is 22.5 Å². The van der Waals surface area contributed by atoms with Crippen molar-refractivity contribution in [3.63, 3.8) is 0 Å². The molecule has 0 N–H and O–H groups in total. The predicted molar refractivity (Wildman–Crippen MR) is 92.2 cm³/mol. The van der Waals surface area contributed by atoms with Crippen LogP contribution >= 0.6 is 0 Å². The molecule has 0 heterocycles. The monoisotopic (exact) mass is 318 g/mol. The molecule has 4 saturated carbocycles. The Morgan fingerprint density at radius 2 is 1.96 bits per heavy atom. The molecule has 4 fully saturated rings. The summed E-state index contributed by atoms with van der Waals surface area (Å²) >= 11 is 0. The average Bonchev–Trinajstić information content (AvgIpc) is 2.95. The molecule has 0 bridgehead atoms. The normalized spacial score (nSPS) is 49.4. The zero-order valence-electron chi connectivity index (χ0n) is 15.1. The van der Waals surface area contributed by atoms with Gasteiger partial charge in [0, 0.05) is 24.9 Å². The van der Waals surface area contributed by atoms with Crippen LogP contribution in [0.2, 0.25) is 0 Å². The Balaban J connectivity index is 1.64. The summed E-state index contributed by atoms with van der Waals surface area (Å²) in [6.45, 7) is 6.44. The topological polar surface area (TPSA) is 26.3 Å². The van der Waals surface area contributed by atoms with Gasteiger partial charge in [0.2, 0.25) is 0 Å². The van der Waals surface area contributed by atoms with Crippen molar-refractivity contribution in [2.45, 2.75) is 78.1 Å². The molecule has 4 aliphatic rings. The Kier molecular flexibility index (Phi) is 4.11. The van der Waals surface area contributed by atoms with Crippen molar-refractivity contribution in [3.8, 4) is 0 Å². The summed E-state index contributed by atoms with van der Waals surface area (Å²) in [5.74, 6) is 3.83. The SMILES string of the molecule is CCOC[C@]12CCC(=O)C[C@H]1CC[C@H]1[C@@H]3CCC[C@@]3(C)CC[C@@H]12. The van der Waals surface area contributed by atoms with E-state index in [9.17, 15) is 4.79 Å². The third-order valence-corrected chi connectivity index (χ3v) is 8.54. The van der Waals surface area contributed by atoms with Crippen LogP contribution in [0, 0.1) is 34.5 Å². The average molecular weight is 319 g/mol. The second-order valence-electron chi connectivity index (χ2n) is 9.35. The van der Waals surface area contributed by atoms with Gasteiger partial charge < -0.3 is 4.74 Å². The van der Waals surface area contributed by atoms with Crippen molar-refractivity contribution in [2.24, 2.45) is 34.5 Å². The number of Topliss-reactive ketones (excluding diaryl/α,β-unsaturated/α-hetero) is 1. The van der Waals surface area contributed by atoms with Crippen LogP contribution in [0.5, 0.6) is 0 Å². The van der Waals surface area contributed by atoms with Gasteiger partial charge in [-0.2, -0.15) is 0 Å². The second kappa shape index (κ2) is 5.86. The summed E-state index contributed by atoms with van der Waals surface area (Å²) in [6, 6.07) is 0. The number of fused-ring (bicyclic) bond motifs is 5. The van der Waals surface area contributed by atoms with E-state index in [-0.39, 0.29) is 0 Å². The highest BCUT2D eigenvalue weighted by Crippen LogP contribution is 2.66. The van der Waals surface area contributed by atoms with Gasteiger partial charge in [-0.15, -0.1) is 0 Å². The van der Waals surface area contributed by atoms with Crippen LogP contribution in [0.15, 0.2) is 0 Å². The van der Waals surface area contributed by atoms with Gasteiger partial charge in [0.15, 0.2) is 0 Å². The zero-order valence-corrected chi connectivity index (χ0v) is 15.1. The Hall–Kier alpha value is -0.370. The van der Waals surface area contributed by atoms with Crippen LogP contribution in [0.25, 0.3) is 0 Å². The van der Waals surface area contributed by atoms with Crippen molar-refractivity contribution in [1.82, 2.24) is 0 Å². The van der Waals surface area contributed by atoms with Crippen LogP contribution in [0.3, 0.4) is 0 Å². The molecule has 0 aromatic rings. The lowest BCUT2D eigenvalue weighted by atomic mass is 9.45. The van der Waals surface area contributed by atoms with E-state index in [4.69, 9.17) is 4.74 Å². The minimum absolute atomic E-state index is 0.330. The van der Waals surface area contributed by atoms with E-state index < -0.39 is 0 Å². The molecule has 0 aromatic heterocycles. The molecule has 0 aliphatic heterocycles. The molecule has 4 aliphatic carbocycles. The Bertz CT molecular complexity index is 472. The molecule has 130 valence electrons. The van der Waals surface area contributed by atoms with Crippen LogP contribution in [0.4, 0.5) is 0 Å². The molecular weight excluding hydrogens is 284 g/mol. The molecule has 0 aromatic carbocycles. The van der Waals surface area contributed by atoms with Gasteiger partial charge in [-0.05, 0) is 81.0 Å². The first-order valence-corrected chi connectivity index (χ1v) is 10.2. The van der Waals surface area contributed by atoms with Crippen molar-refractivity contribution >= 4 is 5.78 Å². The molecule has 4 rings (SSSR count). The second-order valence-corrected chi connectivity index (χ2v) is 9.35. The number of ether oxygens (including phenoxy) is 1. The summed E-state index contributed by atoms with van der Waals surface area (Å²) in [6.07, 6.45) is 12.6. The molecule has 0 radical (unpaired) electrons. The number of carbonyl (C=O) groups is 1. The Labute approximate surface area is 141 Å². The largest absolute Gasteiger partial charge is 0.381 e. The fourth-order valence-corrected chi connectivity index (χ4v) is 7.41. The number of rotatable bonds is 3. The van der Waals surface area contributed by atoms with Gasteiger partial charge in [0.05, 0.1) is 6.61 Å². The van der Waals surface area contributed by atoms with E-state index in [0.717, 1.165) is 50.2 Å². The third-order valence-electron chi connectivity index (χ3n) is 8.54. The van der Waals surface area contributed by atoms with Gasteiger partial charge in [-0.25, -0.2) is 0 Å². The lowest BCUT2D eigenvalue weighted by Gasteiger charge is -2.60. The highest BCUT2D eigenvalue weighted by molar-refractivity contribution is 5.79. The molecule has 0 spiro atoms. The van der Waals surface area contributed by atoms with Crippen LogP contribution in [-0.2, 0) is 9.53 Å². The highest BCUT2D eigenvalue weighted by atomic mass is 16.5. The van der Waals surface area contributed by atoms with Crippen LogP contribution < -0.4 is 0 Å². The van der Waals surface area contributed by atoms with Crippen molar-refractivity contribution in [3.05, 3.63) is 0 Å². The minimum atomic E-state index is 0.330. The maximum atomic E-state index is 12.1. The number of ketones is 1. The molecular formula is C21H34O2. The molecule has 0 amide bonds. The van der Waals surface area contributed by atoms with Gasteiger partial charge in [0.25, 0.3) is 0 Å². The molecule has 6 atom stereocenters. The van der Waals surface area contributed by atoms with E-state index in [2.05, 4.69) is 13.8 Å². The number of hydrogen-bond donors (Lipinski definition) is 0. The first kappa shape index (κ1) is 16.1. The summed E-state index contributed by atoms with van der Waals surface area (Å²) in [5.41, 5.74) is 0.960. The lowest BCUT2D eigenvalue weighted by molar-refractivity contribution is -0.156. The van der Waals surface area contributed by atoms with E-state index >= 15 is 0 Å². The van der Waals surface area contributed by atoms with Crippen LogP contribution in [0.1, 0.15) is 78.1 Å². The molecule has 0 saturated heterocycles. The summed E-state index contributed by atoms with van der Waals surface area (Å²) < 4.78 is 6.04. The minimum Gasteiger partial charge on any atom is -0.381 e. The van der Waals surface area contributed by atoms with E-state index in [1.165, 1.54) is 44.9 Å². The van der Waals surface area contributed by atoms with Gasteiger partial charge in [0.1, 0.15) is 5.78 Å². The molecule has 23 heavy (non-hydrogen) atoms.